The van der Waals surface area contributed by atoms with E-state index in [9.17, 15) is 24.3 Å². The molecule has 0 spiro atoms. The monoisotopic (exact) mass is 477 g/mol. The van der Waals surface area contributed by atoms with Gasteiger partial charge in [0.15, 0.2) is 5.78 Å². The topological polar surface area (TPSA) is 107 Å². The molecule has 2 unspecified atom stereocenters. The molecule has 3 amide bonds. The first-order valence-electron chi connectivity index (χ1n) is 11.6. The Hall–Kier alpha value is -3.78. The molecule has 2 aromatic carbocycles. The number of aliphatic hydroxyl groups is 1. The second-order valence-corrected chi connectivity index (χ2v) is 8.85. The number of benzene rings is 2. The fraction of sp³-hybridized carbons (Fsp3) is 0.333. The molecule has 1 aliphatic heterocycles. The van der Waals surface area contributed by atoms with Gasteiger partial charge in [-0.15, -0.1) is 0 Å². The summed E-state index contributed by atoms with van der Waals surface area (Å²) in [7, 11) is 0. The van der Waals surface area contributed by atoms with Crippen LogP contribution in [0.5, 0.6) is 0 Å². The Morgan fingerprint density at radius 3 is 2.14 bits per heavy atom. The van der Waals surface area contributed by atoms with E-state index in [4.69, 9.17) is 0 Å². The third-order valence-electron chi connectivity index (χ3n) is 5.90. The lowest BCUT2D eigenvalue weighted by Gasteiger charge is -2.40. The Morgan fingerprint density at radius 1 is 1.00 bits per heavy atom. The van der Waals surface area contributed by atoms with Crippen LogP contribution in [0.2, 0.25) is 0 Å². The highest BCUT2D eigenvalue weighted by molar-refractivity contribution is 6.00. The molecule has 0 radical (unpaired) electrons. The van der Waals surface area contributed by atoms with Crippen molar-refractivity contribution in [2.24, 2.45) is 5.92 Å². The van der Waals surface area contributed by atoms with E-state index < -0.39 is 30.4 Å². The molecule has 3 rings (SSSR count). The van der Waals surface area contributed by atoms with Crippen molar-refractivity contribution in [1.29, 1.82) is 0 Å². The van der Waals surface area contributed by atoms with Crippen molar-refractivity contribution < 1.29 is 24.3 Å². The summed E-state index contributed by atoms with van der Waals surface area (Å²) in [5, 5.41) is 12.1. The van der Waals surface area contributed by atoms with Gasteiger partial charge in [0.2, 0.25) is 11.8 Å². The van der Waals surface area contributed by atoms with Gasteiger partial charge in [-0.3, -0.25) is 24.1 Å². The van der Waals surface area contributed by atoms with E-state index in [1.807, 2.05) is 50.2 Å². The lowest BCUT2D eigenvalue weighted by Crippen LogP contribution is -2.56. The van der Waals surface area contributed by atoms with Gasteiger partial charge in [0.1, 0.15) is 19.2 Å². The Morgan fingerprint density at radius 2 is 1.60 bits per heavy atom. The van der Waals surface area contributed by atoms with Crippen LogP contribution < -0.4 is 5.32 Å². The van der Waals surface area contributed by atoms with Crippen molar-refractivity contribution in [3.05, 3.63) is 78.0 Å². The van der Waals surface area contributed by atoms with Gasteiger partial charge in [0, 0.05) is 13.1 Å². The summed E-state index contributed by atoms with van der Waals surface area (Å²) in [5.74, 6) is -1.89. The molecule has 2 atom stereocenters. The molecule has 0 saturated heterocycles. The molecule has 0 bridgehead atoms. The van der Waals surface area contributed by atoms with Crippen molar-refractivity contribution in [3.8, 4) is 0 Å². The summed E-state index contributed by atoms with van der Waals surface area (Å²) >= 11 is 0. The van der Waals surface area contributed by atoms with Crippen molar-refractivity contribution in [3.63, 3.8) is 0 Å². The van der Waals surface area contributed by atoms with Gasteiger partial charge in [0.05, 0.1) is 11.7 Å². The van der Waals surface area contributed by atoms with Crippen LogP contribution in [0.15, 0.2) is 66.9 Å². The molecule has 8 nitrogen and oxygen atoms in total. The molecule has 0 aliphatic carbocycles. The van der Waals surface area contributed by atoms with E-state index in [1.54, 1.807) is 30.5 Å². The minimum Gasteiger partial charge on any atom is -0.389 e. The highest BCUT2D eigenvalue weighted by Gasteiger charge is 2.40. The van der Waals surface area contributed by atoms with Crippen LogP contribution in [-0.4, -0.2) is 63.6 Å². The van der Waals surface area contributed by atoms with Crippen LogP contribution in [0.3, 0.4) is 0 Å². The zero-order valence-electron chi connectivity index (χ0n) is 20.2. The van der Waals surface area contributed by atoms with Crippen molar-refractivity contribution in [2.45, 2.75) is 39.3 Å². The Bertz CT molecular complexity index is 1100. The molecule has 35 heavy (non-hydrogen) atoms. The largest absolute Gasteiger partial charge is 0.389 e. The summed E-state index contributed by atoms with van der Waals surface area (Å²) < 4.78 is 0. The predicted octanol–water partition coefficient (Wildman–Crippen LogP) is 1.99. The summed E-state index contributed by atoms with van der Waals surface area (Å²) in [6.45, 7) is 4.04. The number of amides is 3. The molecule has 0 saturated carbocycles. The fourth-order valence-corrected chi connectivity index (χ4v) is 4.16. The van der Waals surface area contributed by atoms with Crippen LogP contribution in [0.4, 0.5) is 0 Å². The number of rotatable bonds is 9. The maximum Gasteiger partial charge on any atom is 0.250 e. The normalized spacial score (nSPS) is 16.7. The van der Waals surface area contributed by atoms with Gasteiger partial charge in [-0.25, -0.2) is 0 Å². The summed E-state index contributed by atoms with van der Waals surface area (Å²) in [5.41, 5.74) is 1.93. The number of nitrogens with one attached hydrogen (secondary N) is 1. The second kappa shape index (κ2) is 11.6. The fourth-order valence-electron chi connectivity index (χ4n) is 4.16. The van der Waals surface area contributed by atoms with Crippen molar-refractivity contribution in [1.82, 2.24) is 15.1 Å². The summed E-state index contributed by atoms with van der Waals surface area (Å²) in [4.78, 5) is 54.2. The average molecular weight is 478 g/mol. The van der Waals surface area contributed by atoms with Gasteiger partial charge in [-0.05, 0) is 23.5 Å². The smallest absolute Gasteiger partial charge is 0.250 e. The van der Waals surface area contributed by atoms with Gasteiger partial charge in [-0.2, -0.15) is 0 Å². The molecule has 184 valence electrons. The molecule has 1 aliphatic rings. The Labute approximate surface area is 205 Å². The van der Waals surface area contributed by atoms with E-state index in [0.717, 1.165) is 5.56 Å². The van der Waals surface area contributed by atoms with E-state index >= 15 is 0 Å². The minimum atomic E-state index is -0.937. The predicted molar refractivity (Wildman–Crippen MR) is 131 cm³/mol. The third kappa shape index (κ3) is 6.22. The zero-order chi connectivity index (χ0) is 25.5. The lowest BCUT2D eigenvalue weighted by atomic mass is 9.97. The van der Waals surface area contributed by atoms with Crippen LogP contribution in [0, 0.1) is 5.92 Å². The Kier molecular flexibility index (Phi) is 8.54. The molecular weight excluding hydrogens is 446 g/mol. The van der Waals surface area contributed by atoms with E-state index in [-0.39, 0.29) is 30.7 Å². The average Bonchev–Trinajstić information content (AvgIpc) is 2.84. The SMILES string of the molecule is CC(=O)N1C=C(c2ccccc2)N(CC(=O)NC(Cc2ccccc2)C(=O)CO)C(=O)C1C(C)C. The number of carbonyl (C=O) groups is 4. The maximum atomic E-state index is 13.6. The number of aliphatic hydroxyl groups excluding tert-OH is 1. The van der Waals surface area contributed by atoms with Gasteiger partial charge in [-0.1, -0.05) is 74.5 Å². The first-order chi connectivity index (χ1) is 16.7. The second-order valence-electron chi connectivity index (χ2n) is 8.85. The van der Waals surface area contributed by atoms with Crippen LogP contribution in [0.25, 0.3) is 5.70 Å². The maximum absolute atomic E-state index is 13.6. The number of ketones is 1. The summed E-state index contributed by atoms with van der Waals surface area (Å²) in [6.07, 6.45) is 1.82. The quantitative estimate of drug-likeness (QED) is 0.575. The number of nitrogens with zero attached hydrogens (tertiary/aromatic N) is 2. The number of hydrogen-bond donors (Lipinski definition) is 2. The van der Waals surface area contributed by atoms with Gasteiger partial charge in [0.25, 0.3) is 5.91 Å². The highest BCUT2D eigenvalue weighted by atomic mass is 16.3. The van der Waals surface area contributed by atoms with Gasteiger partial charge >= 0.3 is 0 Å². The molecule has 0 aromatic heterocycles. The number of hydrogen-bond acceptors (Lipinski definition) is 5. The molecule has 0 fully saturated rings. The van der Waals surface area contributed by atoms with E-state index in [1.165, 1.54) is 16.7 Å². The molecule has 1 heterocycles. The van der Waals surface area contributed by atoms with Crippen LogP contribution >= 0.6 is 0 Å². The third-order valence-corrected chi connectivity index (χ3v) is 5.90. The van der Waals surface area contributed by atoms with E-state index in [0.29, 0.717) is 11.3 Å². The van der Waals surface area contributed by atoms with Gasteiger partial charge < -0.3 is 15.3 Å². The number of carbonyl (C=O) groups excluding carboxylic acids is 4. The Balaban J connectivity index is 1.90. The molecule has 2 aromatic rings. The summed E-state index contributed by atoms with van der Waals surface area (Å²) in [6, 6.07) is 16.5. The first-order valence-corrected chi connectivity index (χ1v) is 11.6. The standard InChI is InChI=1S/C27H31N3O5/c1-18(2)26-27(35)30(23(15-29(26)19(3)32)21-12-8-5-9-13-21)16-25(34)28-22(24(33)17-31)14-20-10-6-4-7-11-20/h4-13,15,18,22,26,31H,14,16-17H2,1-3H3,(H,28,34). The van der Waals surface area contributed by atoms with Crippen LogP contribution in [-0.2, 0) is 25.6 Å². The molecule has 2 N–H and O–H groups in total. The van der Waals surface area contributed by atoms with Crippen LogP contribution in [0.1, 0.15) is 31.9 Å². The van der Waals surface area contributed by atoms with Crippen molar-refractivity contribution >= 4 is 29.2 Å². The molecular formula is C27H31N3O5. The minimum absolute atomic E-state index is 0.188. The lowest BCUT2D eigenvalue weighted by molar-refractivity contribution is -0.145. The first kappa shape index (κ1) is 25.8. The van der Waals surface area contributed by atoms with E-state index in [2.05, 4.69) is 5.32 Å². The number of Topliss-reactive ketones (excluding diaryl/α,β-unsaturated/α-hetero) is 1. The highest BCUT2D eigenvalue weighted by Crippen LogP contribution is 2.29. The van der Waals surface area contributed by atoms with Crippen molar-refractivity contribution in [2.75, 3.05) is 13.2 Å². The zero-order valence-corrected chi connectivity index (χ0v) is 20.2. The molecule has 8 heteroatoms.